The Morgan fingerprint density at radius 1 is 0.895 bits per heavy atom. The van der Waals surface area contributed by atoms with Crippen molar-refractivity contribution in [3.63, 3.8) is 0 Å². The maximum atomic E-state index is 13.8. The first-order chi connectivity index (χ1) is 18.4. The van der Waals surface area contributed by atoms with Crippen molar-refractivity contribution in [3.05, 3.63) is 102 Å². The topological polar surface area (TPSA) is 65.6 Å². The zero-order chi connectivity index (χ0) is 26.9. The number of nitrogens with one attached hydrogen (secondary N) is 1. The summed E-state index contributed by atoms with van der Waals surface area (Å²) in [7, 11) is 0. The standard InChI is InChI=1S/C32H37N3O3/c1-4-38-28-16-14-25(15-17-28)22-34(19-18-27-20-33-30-13-9-8-12-29(27)30)31(36)23-35(21-24(2)3)32(37)26-10-6-5-7-11-26/h5-17,20,24,33H,4,18-19,21-23H2,1-3H3. The number of amides is 2. The molecule has 2 amide bonds. The van der Waals surface area contributed by atoms with E-state index >= 15 is 0 Å². The van der Waals surface area contributed by atoms with Gasteiger partial charge in [0.05, 0.1) is 6.61 Å². The van der Waals surface area contributed by atoms with Gasteiger partial charge < -0.3 is 19.5 Å². The van der Waals surface area contributed by atoms with Gasteiger partial charge in [-0.05, 0) is 60.7 Å². The Balaban J connectivity index is 1.54. The Kier molecular flexibility index (Phi) is 9.20. The molecule has 0 bridgehead atoms. The number of aromatic amines is 1. The van der Waals surface area contributed by atoms with E-state index in [1.807, 2.05) is 72.6 Å². The number of benzene rings is 3. The van der Waals surface area contributed by atoms with Gasteiger partial charge in [-0.15, -0.1) is 0 Å². The average molecular weight is 512 g/mol. The minimum atomic E-state index is -0.120. The van der Waals surface area contributed by atoms with Crippen LogP contribution >= 0.6 is 0 Å². The van der Waals surface area contributed by atoms with Crippen LogP contribution in [0.15, 0.2) is 85.1 Å². The Hall–Kier alpha value is -4.06. The summed E-state index contributed by atoms with van der Waals surface area (Å²) in [5, 5.41) is 1.17. The summed E-state index contributed by atoms with van der Waals surface area (Å²) in [6.07, 6.45) is 2.73. The molecule has 0 aliphatic heterocycles. The van der Waals surface area contributed by atoms with Crippen molar-refractivity contribution in [2.24, 2.45) is 5.92 Å². The molecule has 6 nitrogen and oxygen atoms in total. The Morgan fingerprint density at radius 2 is 1.61 bits per heavy atom. The van der Waals surface area contributed by atoms with Gasteiger partial charge in [0.15, 0.2) is 0 Å². The molecular formula is C32H37N3O3. The molecule has 38 heavy (non-hydrogen) atoms. The van der Waals surface area contributed by atoms with Gasteiger partial charge >= 0.3 is 0 Å². The molecule has 0 aliphatic rings. The van der Waals surface area contributed by atoms with Crippen LogP contribution in [-0.4, -0.2) is 52.8 Å². The lowest BCUT2D eigenvalue weighted by molar-refractivity contribution is -0.132. The predicted molar refractivity (Wildman–Crippen MR) is 152 cm³/mol. The highest BCUT2D eigenvalue weighted by atomic mass is 16.5. The van der Waals surface area contributed by atoms with E-state index in [1.165, 1.54) is 10.9 Å². The van der Waals surface area contributed by atoms with Crippen molar-refractivity contribution in [2.45, 2.75) is 33.7 Å². The van der Waals surface area contributed by atoms with E-state index in [2.05, 4.69) is 31.0 Å². The van der Waals surface area contributed by atoms with Gasteiger partial charge in [0.2, 0.25) is 5.91 Å². The second-order valence-corrected chi connectivity index (χ2v) is 9.95. The largest absolute Gasteiger partial charge is 0.494 e. The van der Waals surface area contributed by atoms with Crippen molar-refractivity contribution >= 4 is 22.7 Å². The Bertz CT molecular complexity index is 1330. The second-order valence-electron chi connectivity index (χ2n) is 9.95. The fourth-order valence-electron chi connectivity index (χ4n) is 4.65. The third-order valence-corrected chi connectivity index (χ3v) is 6.51. The van der Waals surface area contributed by atoms with E-state index in [0.29, 0.717) is 38.2 Å². The lowest BCUT2D eigenvalue weighted by Gasteiger charge is -2.29. The number of aromatic nitrogens is 1. The number of hydrogen-bond acceptors (Lipinski definition) is 3. The fourth-order valence-corrected chi connectivity index (χ4v) is 4.65. The van der Waals surface area contributed by atoms with E-state index in [9.17, 15) is 9.59 Å². The predicted octanol–water partition coefficient (Wildman–Crippen LogP) is 5.94. The molecule has 0 spiro atoms. The summed E-state index contributed by atoms with van der Waals surface area (Å²) in [5.41, 5.74) is 3.87. The summed E-state index contributed by atoms with van der Waals surface area (Å²) < 4.78 is 5.58. The highest BCUT2D eigenvalue weighted by molar-refractivity contribution is 5.96. The molecule has 0 radical (unpaired) electrons. The number of H-pyrrole nitrogens is 1. The number of para-hydroxylation sites is 1. The SMILES string of the molecule is CCOc1ccc(CN(CCc2c[nH]c3ccccc23)C(=O)CN(CC(C)C)C(=O)c2ccccc2)cc1. The van der Waals surface area contributed by atoms with Gasteiger partial charge in [0, 0.05) is 42.3 Å². The van der Waals surface area contributed by atoms with Crippen molar-refractivity contribution in [2.75, 3.05) is 26.2 Å². The molecule has 4 rings (SSSR count). The summed E-state index contributed by atoms with van der Waals surface area (Å²) in [6.45, 7) is 8.24. The lowest BCUT2D eigenvalue weighted by atomic mass is 10.1. The van der Waals surface area contributed by atoms with Crippen LogP contribution in [0, 0.1) is 5.92 Å². The molecule has 4 aromatic rings. The minimum absolute atomic E-state index is 0.0385. The van der Waals surface area contributed by atoms with Crippen LogP contribution in [0.25, 0.3) is 10.9 Å². The van der Waals surface area contributed by atoms with Crippen molar-refractivity contribution in [1.29, 1.82) is 0 Å². The summed E-state index contributed by atoms with van der Waals surface area (Å²) in [5.74, 6) is 0.861. The van der Waals surface area contributed by atoms with Gasteiger partial charge in [-0.1, -0.05) is 62.4 Å². The van der Waals surface area contributed by atoms with Crippen LogP contribution < -0.4 is 4.74 Å². The van der Waals surface area contributed by atoms with Crippen LogP contribution in [0.2, 0.25) is 0 Å². The van der Waals surface area contributed by atoms with Crippen molar-refractivity contribution in [3.8, 4) is 5.75 Å². The highest BCUT2D eigenvalue weighted by Gasteiger charge is 2.23. The van der Waals surface area contributed by atoms with Crippen LogP contribution in [0.3, 0.4) is 0 Å². The number of hydrogen-bond donors (Lipinski definition) is 1. The smallest absolute Gasteiger partial charge is 0.254 e. The number of carbonyl (C=O) groups excluding carboxylic acids is 2. The molecule has 0 fully saturated rings. The number of rotatable bonds is 12. The molecule has 1 aromatic heterocycles. The molecule has 0 atom stereocenters. The fraction of sp³-hybridized carbons (Fsp3) is 0.312. The first-order valence-electron chi connectivity index (χ1n) is 13.3. The number of fused-ring (bicyclic) bond motifs is 1. The van der Waals surface area contributed by atoms with E-state index in [4.69, 9.17) is 4.74 Å². The van der Waals surface area contributed by atoms with E-state index in [1.54, 1.807) is 17.0 Å². The molecule has 1 N–H and O–H groups in total. The monoisotopic (exact) mass is 511 g/mol. The van der Waals surface area contributed by atoms with Gasteiger partial charge in [0.25, 0.3) is 5.91 Å². The van der Waals surface area contributed by atoms with Crippen LogP contribution in [0.5, 0.6) is 5.75 Å². The Labute approximate surface area is 225 Å². The summed E-state index contributed by atoms with van der Waals surface area (Å²) in [4.78, 5) is 34.0. The molecule has 0 saturated carbocycles. The second kappa shape index (κ2) is 13.0. The zero-order valence-corrected chi connectivity index (χ0v) is 22.5. The summed E-state index contributed by atoms with van der Waals surface area (Å²) >= 11 is 0. The number of nitrogens with zero attached hydrogens (tertiary/aromatic N) is 2. The zero-order valence-electron chi connectivity index (χ0n) is 22.5. The first kappa shape index (κ1) is 27.0. The maximum absolute atomic E-state index is 13.8. The molecule has 3 aromatic carbocycles. The first-order valence-corrected chi connectivity index (χ1v) is 13.3. The minimum Gasteiger partial charge on any atom is -0.494 e. The molecule has 6 heteroatoms. The van der Waals surface area contributed by atoms with E-state index in [0.717, 1.165) is 16.8 Å². The van der Waals surface area contributed by atoms with Crippen LogP contribution in [-0.2, 0) is 17.8 Å². The van der Waals surface area contributed by atoms with E-state index < -0.39 is 0 Å². The third kappa shape index (κ3) is 7.03. The Morgan fingerprint density at radius 3 is 2.32 bits per heavy atom. The molecule has 198 valence electrons. The van der Waals surface area contributed by atoms with Crippen LogP contribution in [0.4, 0.5) is 0 Å². The van der Waals surface area contributed by atoms with Gasteiger partial charge in [-0.25, -0.2) is 0 Å². The lowest BCUT2D eigenvalue weighted by Crippen LogP contribution is -2.44. The maximum Gasteiger partial charge on any atom is 0.254 e. The van der Waals surface area contributed by atoms with Crippen molar-refractivity contribution in [1.82, 2.24) is 14.8 Å². The molecular weight excluding hydrogens is 474 g/mol. The quantitative estimate of drug-likeness (QED) is 0.256. The molecule has 0 aliphatic carbocycles. The highest BCUT2D eigenvalue weighted by Crippen LogP contribution is 2.20. The number of carbonyl (C=O) groups is 2. The van der Waals surface area contributed by atoms with E-state index in [-0.39, 0.29) is 24.3 Å². The van der Waals surface area contributed by atoms with Gasteiger partial charge in [0.1, 0.15) is 12.3 Å². The van der Waals surface area contributed by atoms with Crippen molar-refractivity contribution < 1.29 is 14.3 Å². The average Bonchev–Trinajstić information content (AvgIpc) is 3.34. The molecule has 1 heterocycles. The molecule has 0 unspecified atom stereocenters. The number of ether oxygens (including phenoxy) is 1. The summed E-state index contributed by atoms with van der Waals surface area (Å²) in [6, 6.07) is 25.3. The molecule has 0 saturated heterocycles. The van der Waals surface area contributed by atoms with Gasteiger partial charge in [-0.2, -0.15) is 0 Å². The van der Waals surface area contributed by atoms with Gasteiger partial charge in [-0.3, -0.25) is 9.59 Å². The van der Waals surface area contributed by atoms with Crippen LogP contribution in [0.1, 0.15) is 42.3 Å². The third-order valence-electron chi connectivity index (χ3n) is 6.51. The normalized spacial score (nSPS) is 11.1.